The Morgan fingerprint density at radius 1 is 1.14 bits per heavy atom. The third-order valence-electron chi connectivity index (χ3n) is 3.28. The monoisotopic (exact) mass is 429 g/mol. The van der Waals surface area contributed by atoms with Crippen molar-refractivity contribution in [1.82, 2.24) is 4.57 Å². The summed E-state index contributed by atoms with van der Waals surface area (Å²) in [5.41, 5.74) is 1.43. The zero-order chi connectivity index (χ0) is 16.3. The van der Waals surface area contributed by atoms with Crippen LogP contribution in [0.2, 0.25) is 0 Å². The van der Waals surface area contributed by atoms with Crippen LogP contribution in [0.15, 0.2) is 44.1 Å². The minimum absolute atomic E-state index is 0.214. The van der Waals surface area contributed by atoms with Crippen LogP contribution in [-0.4, -0.2) is 20.7 Å². The zero-order valence-electron chi connectivity index (χ0n) is 11.4. The lowest BCUT2D eigenvalue weighted by Gasteiger charge is -2.13. The Kier molecular flexibility index (Phi) is 5.55. The van der Waals surface area contributed by atoms with Crippen LogP contribution >= 0.6 is 31.9 Å². The number of nitrogens with zero attached hydrogens (tertiary/aromatic N) is 1. The number of aliphatic hydroxyl groups is 1. The highest BCUT2D eigenvalue weighted by atomic mass is 79.9. The lowest BCUT2D eigenvalue weighted by Crippen LogP contribution is -2.25. The van der Waals surface area contributed by atoms with Crippen molar-refractivity contribution in [2.45, 2.75) is 19.6 Å². The van der Waals surface area contributed by atoms with Crippen LogP contribution in [0.1, 0.15) is 21.6 Å². The van der Waals surface area contributed by atoms with Crippen molar-refractivity contribution >= 4 is 37.8 Å². The summed E-state index contributed by atoms with van der Waals surface area (Å²) >= 11 is 6.53. The van der Waals surface area contributed by atoms with Gasteiger partial charge >= 0.3 is 5.97 Å². The molecular weight excluding hydrogens is 418 g/mol. The fourth-order valence-corrected chi connectivity index (χ4v) is 3.41. The van der Waals surface area contributed by atoms with Gasteiger partial charge in [0.15, 0.2) is 0 Å². The average molecular weight is 431 g/mol. The molecule has 0 amide bonds. The minimum atomic E-state index is -0.971. The number of aliphatic hydroxyl groups excluding tert-OH is 1. The van der Waals surface area contributed by atoms with Crippen LogP contribution in [0.4, 0.5) is 0 Å². The van der Waals surface area contributed by atoms with Gasteiger partial charge in [-0.3, -0.25) is 4.79 Å². The molecule has 0 fully saturated rings. The molecule has 0 aliphatic heterocycles. The number of benzene rings is 1. The van der Waals surface area contributed by atoms with Gasteiger partial charge in [0.25, 0.3) is 5.56 Å². The number of aryl methyl sites for hydroxylation is 1. The van der Waals surface area contributed by atoms with Crippen LogP contribution in [0.5, 0.6) is 0 Å². The summed E-state index contributed by atoms with van der Waals surface area (Å²) in [6.07, 6.45) is 0.551. The Hall–Kier alpha value is -1.44. The van der Waals surface area contributed by atoms with Gasteiger partial charge in [-0.1, -0.05) is 12.1 Å². The van der Waals surface area contributed by atoms with Crippen molar-refractivity contribution in [1.29, 1.82) is 0 Å². The molecule has 0 spiro atoms. The van der Waals surface area contributed by atoms with Crippen molar-refractivity contribution in [3.05, 3.63) is 66.5 Å². The number of carbonyl (C=O) groups is 1. The number of aromatic nitrogens is 1. The van der Waals surface area contributed by atoms with Gasteiger partial charge in [0, 0.05) is 11.0 Å². The molecule has 0 bridgehead atoms. The van der Waals surface area contributed by atoms with Crippen molar-refractivity contribution in [2.24, 2.45) is 0 Å². The van der Waals surface area contributed by atoms with E-state index in [0.29, 0.717) is 27.6 Å². The number of carboxylic acids is 1. The van der Waals surface area contributed by atoms with Crippen molar-refractivity contribution < 1.29 is 15.0 Å². The topological polar surface area (TPSA) is 79.5 Å². The van der Waals surface area contributed by atoms with E-state index in [0.717, 1.165) is 5.56 Å². The molecule has 1 heterocycles. The summed E-state index contributed by atoms with van der Waals surface area (Å²) in [5.74, 6) is -0.971. The summed E-state index contributed by atoms with van der Waals surface area (Å²) in [7, 11) is 0. The molecule has 0 aliphatic carbocycles. The largest absolute Gasteiger partial charge is 0.478 e. The summed E-state index contributed by atoms with van der Waals surface area (Å²) in [5, 5.41) is 18.3. The fraction of sp³-hybridized carbons (Fsp3) is 0.200. The maximum atomic E-state index is 12.2. The molecule has 0 atom stereocenters. The van der Waals surface area contributed by atoms with Gasteiger partial charge in [-0.2, -0.15) is 0 Å². The van der Waals surface area contributed by atoms with Gasteiger partial charge in [0.05, 0.1) is 22.3 Å². The molecule has 22 heavy (non-hydrogen) atoms. The molecule has 116 valence electrons. The summed E-state index contributed by atoms with van der Waals surface area (Å²) in [4.78, 5) is 23.0. The maximum Gasteiger partial charge on any atom is 0.335 e. The molecule has 2 aromatic rings. The van der Waals surface area contributed by atoms with Gasteiger partial charge < -0.3 is 14.8 Å². The van der Waals surface area contributed by atoms with Gasteiger partial charge in [-0.15, -0.1) is 0 Å². The van der Waals surface area contributed by atoms with E-state index in [1.165, 1.54) is 16.7 Å². The van der Waals surface area contributed by atoms with Gasteiger partial charge in [-0.05, 0) is 62.0 Å². The van der Waals surface area contributed by atoms with E-state index in [1.807, 2.05) is 0 Å². The number of hydrogen-bond acceptors (Lipinski definition) is 3. The molecule has 2 rings (SSSR count). The zero-order valence-corrected chi connectivity index (χ0v) is 14.6. The number of aromatic carboxylic acids is 1. The summed E-state index contributed by atoms with van der Waals surface area (Å²) in [6.45, 7) is 0.139. The van der Waals surface area contributed by atoms with Crippen LogP contribution in [0.3, 0.4) is 0 Å². The second-order valence-corrected chi connectivity index (χ2v) is 6.36. The van der Waals surface area contributed by atoms with E-state index in [1.54, 1.807) is 18.2 Å². The highest BCUT2D eigenvalue weighted by Gasteiger charge is 2.11. The molecule has 1 aromatic carbocycles. The molecule has 1 aromatic heterocycles. The lowest BCUT2D eigenvalue weighted by atomic mass is 10.1. The highest BCUT2D eigenvalue weighted by Crippen LogP contribution is 2.19. The molecular formula is C15H13Br2NO4. The first-order valence-electron chi connectivity index (χ1n) is 6.45. The summed E-state index contributed by atoms with van der Waals surface area (Å²) < 4.78 is 2.57. The molecule has 0 saturated carbocycles. The smallest absolute Gasteiger partial charge is 0.335 e. The Morgan fingerprint density at radius 2 is 1.77 bits per heavy atom. The predicted molar refractivity (Wildman–Crippen MR) is 89.1 cm³/mol. The SMILES string of the molecule is O=C(O)c1ccc(CCn2c(CO)c(Br)cc(Br)c2=O)cc1. The van der Waals surface area contributed by atoms with Crippen LogP contribution in [-0.2, 0) is 19.6 Å². The molecule has 0 unspecified atom stereocenters. The maximum absolute atomic E-state index is 12.2. The molecule has 0 aliphatic rings. The average Bonchev–Trinajstić information content (AvgIpc) is 2.49. The van der Waals surface area contributed by atoms with Crippen LogP contribution in [0.25, 0.3) is 0 Å². The quantitative estimate of drug-likeness (QED) is 0.764. The van der Waals surface area contributed by atoms with Crippen molar-refractivity contribution in [2.75, 3.05) is 0 Å². The second-order valence-electron chi connectivity index (χ2n) is 4.65. The lowest BCUT2D eigenvalue weighted by molar-refractivity contribution is 0.0697. The second kappa shape index (κ2) is 7.21. The predicted octanol–water partition coefficient (Wildman–Crippen LogP) is 2.81. The Bertz CT molecular complexity index is 753. The van der Waals surface area contributed by atoms with E-state index in [4.69, 9.17) is 5.11 Å². The molecule has 2 N–H and O–H groups in total. The fourth-order valence-electron chi connectivity index (χ4n) is 2.09. The normalized spacial score (nSPS) is 10.7. The van der Waals surface area contributed by atoms with Crippen LogP contribution in [0, 0.1) is 0 Å². The van der Waals surface area contributed by atoms with E-state index in [9.17, 15) is 14.7 Å². The van der Waals surface area contributed by atoms with E-state index < -0.39 is 5.97 Å². The molecule has 7 heteroatoms. The molecule has 0 radical (unpaired) electrons. The molecule has 5 nitrogen and oxygen atoms in total. The number of pyridine rings is 1. The van der Waals surface area contributed by atoms with Crippen LogP contribution < -0.4 is 5.56 Å². The Labute approximate surface area is 143 Å². The first kappa shape index (κ1) is 16.9. The van der Waals surface area contributed by atoms with Crippen molar-refractivity contribution in [3.8, 4) is 0 Å². The van der Waals surface area contributed by atoms with Gasteiger partial charge in [-0.25, -0.2) is 4.79 Å². The number of halogens is 2. The van der Waals surface area contributed by atoms with E-state index in [2.05, 4.69) is 31.9 Å². The molecule has 0 saturated heterocycles. The summed E-state index contributed by atoms with van der Waals surface area (Å²) in [6, 6.07) is 8.13. The number of hydrogen-bond donors (Lipinski definition) is 2. The van der Waals surface area contributed by atoms with Gasteiger partial charge in [0.2, 0.25) is 0 Å². The Balaban J connectivity index is 2.24. The third-order valence-corrected chi connectivity index (χ3v) is 4.53. The standard InChI is InChI=1S/C15H13Br2NO4/c16-11-7-12(17)14(20)18(13(11)8-19)6-5-9-1-3-10(4-2-9)15(21)22/h1-4,7,19H,5-6,8H2,(H,21,22). The highest BCUT2D eigenvalue weighted by molar-refractivity contribution is 9.11. The minimum Gasteiger partial charge on any atom is -0.478 e. The first-order chi connectivity index (χ1) is 10.4. The van der Waals surface area contributed by atoms with Crippen molar-refractivity contribution in [3.63, 3.8) is 0 Å². The Morgan fingerprint density at radius 3 is 2.32 bits per heavy atom. The van der Waals surface area contributed by atoms with Gasteiger partial charge in [0.1, 0.15) is 0 Å². The third kappa shape index (κ3) is 3.66. The van der Waals surface area contributed by atoms with E-state index in [-0.39, 0.29) is 17.7 Å². The first-order valence-corrected chi connectivity index (χ1v) is 8.03. The van der Waals surface area contributed by atoms with E-state index >= 15 is 0 Å². The number of carboxylic acid groups (broad SMARTS) is 1. The number of rotatable bonds is 5.